The van der Waals surface area contributed by atoms with Gasteiger partial charge in [0.1, 0.15) is 11.5 Å². The van der Waals surface area contributed by atoms with Crippen LogP contribution < -0.4 is 4.74 Å². The van der Waals surface area contributed by atoms with Crippen LogP contribution in [0, 0.1) is 0 Å². The number of hydrogen-bond acceptors (Lipinski definition) is 3. The zero-order valence-corrected chi connectivity index (χ0v) is 21.6. The Balaban J connectivity index is 1.14. The molecule has 8 rings (SSSR count). The van der Waals surface area contributed by atoms with Gasteiger partial charge in [-0.1, -0.05) is 48.5 Å². The summed E-state index contributed by atoms with van der Waals surface area (Å²) in [6.45, 7) is 2.26. The molecule has 2 atom stereocenters. The van der Waals surface area contributed by atoms with E-state index in [2.05, 4.69) is 96.7 Å². The lowest BCUT2D eigenvalue weighted by Crippen LogP contribution is -2.35. The molecule has 0 N–H and O–H groups in total. The molecule has 37 heavy (non-hydrogen) atoms. The molecule has 2 aliphatic heterocycles. The summed E-state index contributed by atoms with van der Waals surface area (Å²) in [7, 11) is 4.54. The fourth-order valence-electron chi connectivity index (χ4n) is 7.46. The Kier molecular flexibility index (Phi) is 4.71. The monoisotopic (exact) mass is 484 g/mol. The van der Waals surface area contributed by atoms with Gasteiger partial charge in [-0.25, -0.2) is 0 Å². The van der Waals surface area contributed by atoms with Crippen molar-refractivity contribution in [1.82, 2.24) is 9.80 Å². The van der Waals surface area contributed by atoms with Crippen molar-refractivity contribution in [3.05, 3.63) is 106 Å². The molecular formula is C34H32N2O. The summed E-state index contributed by atoms with van der Waals surface area (Å²) in [5.41, 5.74) is 14.5. The first-order valence-electron chi connectivity index (χ1n) is 13.7. The number of likely N-dealkylation sites (N-methyl/N-ethyl adjacent to an activating group) is 2. The number of fused-ring (bicyclic) bond motifs is 4. The maximum Gasteiger partial charge on any atom is 0.127 e. The molecule has 0 saturated heterocycles. The first kappa shape index (κ1) is 21.7. The number of benzene rings is 4. The molecular weight excluding hydrogens is 452 g/mol. The molecule has 0 bridgehead atoms. The van der Waals surface area contributed by atoms with Crippen LogP contribution in [0.5, 0.6) is 11.5 Å². The number of rotatable bonds is 2. The summed E-state index contributed by atoms with van der Waals surface area (Å²) in [6.07, 6.45) is 4.38. The maximum absolute atomic E-state index is 6.53. The molecule has 2 heterocycles. The lowest BCUT2D eigenvalue weighted by atomic mass is 9.77. The van der Waals surface area contributed by atoms with Crippen molar-refractivity contribution in [2.45, 2.75) is 37.8 Å². The lowest BCUT2D eigenvalue weighted by molar-refractivity contribution is 0.228. The second kappa shape index (κ2) is 8.05. The summed E-state index contributed by atoms with van der Waals surface area (Å²) in [4.78, 5) is 5.05. The largest absolute Gasteiger partial charge is 0.457 e. The van der Waals surface area contributed by atoms with Crippen LogP contribution in [0.15, 0.2) is 72.8 Å². The molecule has 0 radical (unpaired) electrons. The molecule has 2 aliphatic carbocycles. The van der Waals surface area contributed by atoms with Crippen molar-refractivity contribution in [3.8, 4) is 33.8 Å². The smallest absolute Gasteiger partial charge is 0.127 e. The Bertz CT molecular complexity index is 1450. The number of hydrogen-bond donors (Lipinski definition) is 0. The first-order chi connectivity index (χ1) is 18.1. The summed E-state index contributed by atoms with van der Waals surface area (Å²) < 4.78 is 6.53. The van der Waals surface area contributed by atoms with E-state index in [0.717, 1.165) is 50.3 Å². The van der Waals surface area contributed by atoms with E-state index >= 15 is 0 Å². The van der Waals surface area contributed by atoms with Gasteiger partial charge in [0, 0.05) is 25.2 Å². The van der Waals surface area contributed by atoms with E-state index in [1.807, 2.05) is 0 Å². The number of ether oxygens (including phenoxy) is 1. The highest BCUT2D eigenvalue weighted by molar-refractivity contribution is 5.77. The highest BCUT2D eigenvalue weighted by atomic mass is 16.5. The van der Waals surface area contributed by atoms with Gasteiger partial charge in [-0.05, 0) is 120 Å². The van der Waals surface area contributed by atoms with Crippen LogP contribution in [0.3, 0.4) is 0 Å². The normalized spacial score (nSPS) is 21.5. The Labute approximate surface area is 219 Å². The van der Waals surface area contributed by atoms with Crippen LogP contribution in [-0.4, -0.2) is 37.0 Å². The summed E-state index contributed by atoms with van der Waals surface area (Å²) in [5, 5.41) is 0. The molecule has 3 heteroatoms. The van der Waals surface area contributed by atoms with Crippen molar-refractivity contribution < 1.29 is 4.74 Å². The van der Waals surface area contributed by atoms with Crippen molar-refractivity contribution >= 4 is 0 Å². The van der Waals surface area contributed by atoms with E-state index in [0.29, 0.717) is 12.1 Å². The third-order valence-electron chi connectivity index (χ3n) is 9.39. The van der Waals surface area contributed by atoms with E-state index in [1.165, 1.54) is 44.5 Å². The molecule has 0 amide bonds. The minimum Gasteiger partial charge on any atom is -0.457 e. The Hall–Kier alpha value is -3.40. The molecule has 0 fully saturated rings. The second-order valence-electron chi connectivity index (χ2n) is 11.4. The molecule has 0 aromatic heterocycles. The van der Waals surface area contributed by atoms with E-state index in [4.69, 9.17) is 4.74 Å². The quantitative estimate of drug-likeness (QED) is 0.305. The molecule has 0 unspecified atom stereocenters. The standard InChI is InChI=1S/C34H32N2O/c1-35-15-13-21-5-3-7-29-27-11-9-25(17-23(27)19-31(35)33(21)29)37-26-10-12-28-24(18-26)20-32-34-22(14-16-36(32)2)6-4-8-30(28)34/h3-12,17-18,31-32H,13-16,19-20H2,1-2H3/t31-,32-/m0/s1. The average Bonchev–Trinajstić information content (AvgIpc) is 2.92. The van der Waals surface area contributed by atoms with Crippen LogP contribution >= 0.6 is 0 Å². The van der Waals surface area contributed by atoms with Gasteiger partial charge in [0.2, 0.25) is 0 Å². The summed E-state index contributed by atoms with van der Waals surface area (Å²) >= 11 is 0. The Morgan fingerprint density at radius 2 is 1.05 bits per heavy atom. The summed E-state index contributed by atoms with van der Waals surface area (Å²) in [5.74, 6) is 1.87. The topological polar surface area (TPSA) is 15.7 Å². The molecule has 0 saturated carbocycles. The minimum atomic E-state index is 0.462. The predicted molar refractivity (Wildman–Crippen MR) is 149 cm³/mol. The molecule has 4 aromatic carbocycles. The van der Waals surface area contributed by atoms with E-state index in [1.54, 1.807) is 11.1 Å². The average molecular weight is 485 g/mol. The van der Waals surface area contributed by atoms with Crippen LogP contribution in [0.4, 0.5) is 0 Å². The Morgan fingerprint density at radius 3 is 1.54 bits per heavy atom. The van der Waals surface area contributed by atoms with Crippen LogP contribution in [0.25, 0.3) is 22.3 Å². The zero-order chi connectivity index (χ0) is 24.7. The minimum absolute atomic E-state index is 0.462. The third-order valence-corrected chi connectivity index (χ3v) is 9.39. The predicted octanol–water partition coefficient (Wildman–Crippen LogP) is 6.98. The summed E-state index contributed by atoms with van der Waals surface area (Å²) in [6, 6.07) is 28.1. The van der Waals surface area contributed by atoms with Gasteiger partial charge in [0.15, 0.2) is 0 Å². The van der Waals surface area contributed by atoms with Gasteiger partial charge in [0.25, 0.3) is 0 Å². The van der Waals surface area contributed by atoms with E-state index in [-0.39, 0.29) is 0 Å². The third kappa shape index (κ3) is 3.27. The van der Waals surface area contributed by atoms with Crippen molar-refractivity contribution in [2.75, 3.05) is 27.2 Å². The first-order valence-corrected chi connectivity index (χ1v) is 13.7. The fourth-order valence-corrected chi connectivity index (χ4v) is 7.46. The van der Waals surface area contributed by atoms with Gasteiger partial charge >= 0.3 is 0 Å². The molecule has 3 nitrogen and oxygen atoms in total. The maximum atomic E-state index is 6.53. The van der Waals surface area contributed by atoms with Gasteiger partial charge in [-0.3, -0.25) is 9.80 Å². The van der Waals surface area contributed by atoms with Crippen LogP contribution in [-0.2, 0) is 25.7 Å². The van der Waals surface area contributed by atoms with Gasteiger partial charge < -0.3 is 4.74 Å². The van der Waals surface area contributed by atoms with Gasteiger partial charge in [0.05, 0.1) is 0 Å². The van der Waals surface area contributed by atoms with Gasteiger partial charge in [-0.2, -0.15) is 0 Å². The van der Waals surface area contributed by atoms with Gasteiger partial charge in [-0.15, -0.1) is 0 Å². The molecule has 4 aliphatic rings. The van der Waals surface area contributed by atoms with Crippen molar-refractivity contribution in [2.24, 2.45) is 0 Å². The van der Waals surface area contributed by atoms with Crippen molar-refractivity contribution in [1.29, 1.82) is 0 Å². The molecule has 184 valence electrons. The second-order valence-corrected chi connectivity index (χ2v) is 11.4. The molecule has 4 aromatic rings. The fraction of sp³-hybridized carbons (Fsp3) is 0.294. The highest BCUT2D eigenvalue weighted by Crippen LogP contribution is 2.47. The molecule has 0 spiro atoms. The highest BCUT2D eigenvalue weighted by Gasteiger charge is 2.34. The van der Waals surface area contributed by atoms with Crippen LogP contribution in [0.2, 0.25) is 0 Å². The zero-order valence-electron chi connectivity index (χ0n) is 21.6. The van der Waals surface area contributed by atoms with E-state index < -0.39 is 0 Å². The Morgan fingerprint density at radius 1 is 0.568 bits per heavy atom. The van der Waals surface area contributed by atoms with Crippen molar-refractivity contribution in [3.63, 3.8) is 0 Å². The SMILES string of the molecule is CN1CCc2cccc3c2[C@@H]1Cc1cc(Oc2ccc4c(c2)C[C@H]2c5c(cccc5-4)CCN2C)ccc1-3. The number of nitrogens with zero attached hydrogens (tertiary/aromatic N) is 2. The lowest BCUT2D eigenvalue weighted by Gasteiger charge is -2.40. The van der Waals surface area contributed by atoms with Crippen LogP contribution in [0.1, 0.15) is 45.5 Å². The van der Waals surface area contributed by atoms with E-state index in [9.17, 15) is 0 Å².